The van der Waals surface area contributed by atoms with Crippen molar-refractivity contribution < 1.29 is 24.3 Å². The zero-order chi connectivity index (χ0) is 31.1. The minimum atomic E-state index is -1.23. The minimum absolute atomic E-state index is 0.0365. The summed E-state index contributed by atoms with van der Waals surface area (Å²) in [5.41, 5.74) is 18.4. The van der Waals surface area contributed by atoms with Crippen molar-refractivity contribution in [1.29, 1.82) is 0 Å². The number of nitrogens with two attached hydrogens (primary N) is 3. The topological polar surface area (TPSA) is 215 Å². The first-order chi connectivity index (χ1) is 20.0. The van der Waals surface area contributed by atoms with Crippen molar-refractivity contribution in [3.63, 3.8) is 0 Å². The van der Waals surface area contributed by atoms with Crippen LogP contribution in [0.25, 0.3) is 0 Å². The standard InChI is InChI=1S/C30H43N7O5/c1-19(2)16-24(36-26(38)22(31)17-20-10-5-3-6-11-20)27(39)37-25(18-21-12-7-4-8-13-21)28(40)35-23(29(41)42)14-9-15-34-30(32)33/h3-8,10-13,19,22-25H,9,14-18,31H2,1-2H3,(H,35,40)(H,36,38)(H,37,39)(H,41,42)(H4,32,33,34). The van der Waals surface area contributed by atoms with Crippen LogP contribution in [0.15, 0.2) is 65.7 Å². The normalized spacial score (nSPS) is 13.7. The van der Waals surface area contributed by atoms with Crippen LogP contribution in [-0.2, 0) is 32.0 Å². The summed E-state index contributed by atoms with van der Waals surface area (Å²) in [4.78, 5) is 55.5. The number of carbonyl (C=O) groups excluding carboxylic acids is 3. The molecule has 10 N–H and O–H groups in total. The average Bonchev–Trinajstić information content (AvgIpc) is 2.94. The number of aliphatic carboxylic acids is 1. The van der Waals surface area contributed by atoms with Gasteiger partial charge >= 0.3 is 5.97 Å². The van der Waals surface area contributed by atoms with Crippen molar-refractivity contribution in [3.05, 3.63) is 71.8 Å². The molecular formula is C30H43N7O5. The largest absolute Gasteiger partial charge is 0.480 e. The van der Waals surface area contributed by atoms with E-state index in [4.69, 9.17) is 17.2 Å². The molecule has 0 fully saturated rings. The number of amides is 3. The van der Waals surface area contributed by atoms with Crippen LogP contribution in [0.4, 0.5) is 0 Å². The predicted molar refractivity (Wildman–Crippen MR) is 161 cm³/mol. The van der Waals surface area contributed by atoms with Gasteiger partial charge in [-0.25, -0.2) is 4.79 Å². The predicted octanol–water partition coefficient (Wildman–Crippen LogP) is 0.438. The molecule has 0 heterocycles. The number of rotatable bonds is 17. The number of hydrogen-bond acceptors (Lipinski definition) is 6. The van der Waals surface area contributed by atoms with Crippen LogP contribution in [0.1, 0.15) is 44.2 Å². The van der Waals surface area contributed by atoms with E-state index >= 15 is 0 Å². The number of nitrogens with one attached hydrogen (secondary N) is 3. The number of benzene rings is 2. The molecule has 3 amide bonds. The van der Waals surface area contributed by atoms with E-state index in [0.717, 1.165) is 11.1 Å². The molecule has 0 spiro atoms. The number of guanidine groups is 1. The lowest BCUT2D eigenvalue weighted by molar-refractivity contribution is -0.142. The van der Waals surface area contributed by atoms with Gasteiger partial charge < -0.3 is 38.3 Å². The second-order valence-electron chi connectivity index (χ2n) is 10.6. The molecule has 228 valence electrons. The van der Waals surface area contributed by atoms with E-state index < -0.39 is 47.9 Å². The van der Waals surface area contributed by atoms with Crippen LogP contribution in [0, 0.1) is 5.92 Å². The summed E-state index contributed by atoms with van der Waals surface area (Å²) in [6.45, 7) is 4.02. The molecule has 0 saturated heterocycles. The highest BCUT2D eigenvalue weighted by Gasteiger charge is 2.31. The van der Waals surface area contributed by atoms with Gasteiger partial charge in [-0.1, -0.05) is 74.5 Å². The van der Waals surface area contributed by atoms with Crippen LogP contribution in [0.5, 0.6) is 0 Å². The van der Waals surface area contributed by atoms with Crippen molar-refractivity contribution in [2.24, 2.45) is 28.1 Å². The van der Waals surface area contributed by atoms with Crippen molar-refractivity contribution in [1.82, 2.24) is 16.0 Å². The van der Waals surface area contributed by atoms with Crippen molar-refractivity contribution in [2.45, 2.75) is 70.1 Å². The monoisotopic (exact) mass is 581 g/mol. The molecule has 0 radical (unpaired) electrons. The zero-order valence-corrected chi connectivity index (χ0v) is 24.2. The fourth-order valence-electron chi connectivity index (χ4n) is 4.31. The first-order valence-corrected chi connectivity index (χ1v) is 14.0. The Morgan fingerprint density at radius 2 is 1.26 bits per heavy atom. The molecule has 0 bridgehead atoms. The average molecular weight is 582 g/mol. The number of carbonyl (C=O) groups is 4. The molecule has 2 aromatic carbocycles. The Labute approximate surface area is 246 Å². The van der Waals surface area contributed by atoms with Crippen LogP contribution < -0.4 is 33.2 Å². The lowest BCUT2D eigenvalue weighted by Crippen LogP contribution is -2.58. The molecule has 4 unspecified atom stereocenters. The van der Waals surface area contributed by atoms with E-state index in [9.17, 15) is 24.3 Å². The highest BCUT2D eigenvalue weighted by atomic mass is 16.4. The third-order valence-corrected chi connectivity index (χ3v) is 6.45. The quantitative estimate of drug-likeness (QED) is 0.0788. The van der Waals surface area contributed by atoms with Gasteiger partial charge in [0.1, 0.15) is 18.1 Å². The number of carboxylic acid groups (broad SMARTS) is 1. The minimum Gasteiger partial charge on any atom is -0.480 e. The second-order valence-corrected chi connectivity index (χ2v) is 10.6. The van der Waals surface area contributed by atoms with E-state index in [1.54, 1.807) is 24.3 Å². The molecule has 0 aliphatic carbocycles. The molecule has 2 aromatic rings. The van der Waals surface area contributed by atoms with E-state index in [1.807, 2.05) is 50.2 Å². The molecule has 42 heavy (non-hydrogen) atoms. The lowest BCUT2D eigenvalue weighted by Gasteiger charge is -2.26. The molecular weight excluding hydrogens is 538 g/mol. The van der Waals surface area contributed by atoms with Gasteiger partial charge in [0.05, 0.1) is 6.04 Å². The van der Waals surface area contributed by atoms with E-state index in [2.05, 4.69) is 20.9 Å². The number of nitrogens with zero attached hydrogens (tertiary/aromatic N) is 1. The van der Waals surface area contributed by atoms with Crippen LogP contribution in [-0.4, -0.2) is 65.5 Å². The number of carboxylic acids is 1. The first kappa shape index (κ1) is 33.8. The van der Waals surface area contributed by atoms with Crippen LogP contribution in [0.2, 0.25) is 0 Å². The van der Waals surface area contributed by atoms with Gasteiger partial charge in [0.25, 0.3) is 0 Å². The van der Waals surface area contributed by atoms with Crippen molar-refractivity contribution in [3.8, 4) is 0 Å². The van der Waals surface area contributed by atoms with E-state index in [1.165, 1.54) is 0 Å². The summed E-state index contributed by atoms with van der Waals surface area (Å²) in [5.74, 6) is -3.03. The fraction of sp³-hybridized carbons (Fsp3) is 0.433. The summed E-state index contributed by atoms with van der Waals surface area (Å²) in [5, 5.41) is 17.7. The highest BCUT2D eigenvalue weighted by Crippen LogP contribution is 2.10. The zero-order valence-electron chi connectivity index (χ0n) is 24.2. The smallest absolute Gasteiger partial charge is 0.326 e. The Kier molecular flexibility index (Phi) is 14.0. The van der Waals surface area contributed by atoms with Crippen molar-refractivity contribution in [2.75, 3.05) is 6.54 Å². The molecule has 0 aliphatic heterocycles. The molecule has 12 nitrogen and oxygen atoms in total. The van der Waals surface area contributed by atoms with Gasteiger partial charge in [-0.3, -0.25) is 19.4 Å². The van der Waals surface area contributed by atoms with E-state index in [0.29, 0.717) is 19.3 Å². The van der Waals surface area contributed by atoms with Gasteiger partial charge in [-0.15, -0.1) is 0 Å². The molecule has 0 aromatic heterocycles. The van der Waals surface area contributed by atoms with Gasteiger partial charge in [0, 0.05) is 13.0 Å². The summed E-state index contributed by atoms with van der Waals surface area (Å²) in [6, 6.07) is 14.1. The maximum atomic E-state index is 13.5. The third-order valence-electron chi connectivity index (χ3n) is 6.45. The van der Waals surface area contributed by atoms with Gasteiger partial charge in [0.2, 0.25) is 17.7 Å². The maximum absolute atomic E-state index is 13.5. The first-order valence-electron chi connectivity index (χ1n) is 14.0. The Morgan fingerprint density at radius 1 is 0.762 bits per heavy atom. The van der Waals surface area contributed by atoms with Crippen LogP contribution in [0.3, 0.4) is 0 Å². The fourth-order valence-corrected chi connectivity index (χ4v) is 4.31. The third kappa shape index (κ3) is 12.4. The Morgan fingerprint density at radius 3 is 1.79 bits per heavy atom. The Bertz CT molecular complexity index is 1190. The summed E-state index contributed by atoms with van der Waals surface area (Å²) < 4.78 is 0. The molecule has 4 atom stereocenters. The molecule has 12 heteroatoms. The second kappa shape index (κ2) is 17.4. The number of hydrogen-bond donors (Lipinski definition) is 7. The van der Waals surface area contributed by atoms with Gasteiger partial charge in [-0.05, 0) is 42.7 Å². The van der Waals surface area contributed by atoms with Crippen LogP contribution >= 0.6 is 0 Å². The summed E-state index contributed by atoms with van der Waals surface area (Å²) >= 11 is 0. The lowest BCUT2D eigenvalue weighted by atomic mass is 10.00. The van der Waals surface area contributed by atoms with Gasteiger partial charge in [-0.2, -0.15) is 0 Å². The summed E-state index contributed by atoms with van der Waals surface area (Å²) in [7, 11) is 0. The molecule has 0 saturated carbocycles. The van der Waals surface area contributed by atoms with Crippen molar-refractivity contribution >= 4 is 29.7 Å². The Hall–Kier alpha value is -4.45. The number of aliphatic imine (C=N–C) groups is 1. The summed E-state index contributed by atoms with van der Waals surface area (Å²) in [6.07, 6.45) is 1.10. The Balaban J connectivity index is 2.18. The highest BCUT2D eigenvalue weighted by molar-refractivity contribution is 5.94. The molecule has 2 rings (SSSR count). The molecule has 0 aliphatic rings. The SMILES string of the molecule is CC(C)CC(NC(=O)C(N)Cc1ccccc1)C(=O)NC(Cc1ccccc1)C(=O)NC(CCCN=C(N)N)C(=O)O. The maximum Gasteiger partial charge on any atom is 0.326 e. The van der Waals surface area contributed by atoms with E-state index in [-0.39, 0.29) is 31.3 Å². The van der Waals surface area contributed by atoms with Gasteiger partial charge in [0.15, 0.2) is 5.96 Å².